The predicted octanol–water partition coefficient (Wildman–Crippen LogP) is 5.98. The van der Waals surface area contributed by atoms with Crippen LogP contribution in [0.3, 0.4) is 0 Å². The molecule has 2 aromatic carbocycles. The molecule has 0 bridgehead atoms. The van der Waals surface area contributed by atoms with Crippen LogP contribution >= 0.6 is 55.1 Å². The quantitative estimate of drug-likeness (QED) is 0.303. The van der Waals surface area contributed by atoms with Gasteiger partial charge in [-0.25, -0.2) is 8.78 Å². The molecule has 122 valence electrons. The van der Waals surface area contributed by atoms with Gasteiger partial charge in [0.15, 0.2) is 5.78 Å². The Bertz CT molecular complexity index is 739. The molecular formula is C15H8Br2Cl2F2O2. The van der Waals surface area contributed by atoms with Gasteiger partial charge in [-0.1, -0.05) is 6.07 Å². The van der Waals surface area contributed by atoms with Crippen LogP contribution in [0.15, 0.2) is 45.3 Å². The fraction of sp³-hybridized carbons (Fsp3) is 0.0667. The van der Waals surface area contributed by atoms with Gasteiger partial charge in [0.05, 0.1) is 14.8 Å². The summed E-state index contributed by atoms with van der Waals surface area (Å²) < 4.78 is 26.2. The van der Waals surface area contributed by atoms with Crippen LogP contribution in [0.5, 0.6) is 0 Å². The molecule has 2 nitrogen and oxygen atoms in total. The molecule has 0 saturated carbocycles. The van der Waals surface area contributed by atoms with Gasteiger partial charge in [-0.15, -0.1) is 11.6 Å². The summed E-state index contributed by atoms with van der Waals surface area (Å²) in [7, 11) is 0. The SMILES string of the molecule is O=C(CCl)c1ccc(Br)c(F)c1.O=C(Cl)c1ccc(Br)c(F)c1. The largest absolute Gasteiger partial charge is 0.293 e. The minimum absolute atomic E-state index is 0.124. The lowest BCUT2D eigenvalue weighted by Crippen LogP contribution is -2.00. The molecule has 2 rings (SSSR count). The molecule has 0 amide bonds. The Kier molecular flexibility index (Phi) is 8.33. The minimum Gasteiger partial charge on any atom is -0.293 e. The van der Waals surface area contributed by atoms with E-state index in [0.717, 1.165) is 12.1 Å². The molecule has 0 aromatic heterocycles. The summed E-state index contributed by atoms with van der Waals surface area (Å²) >= 11 is 16.3. The molecule has 0 aliphatic carbocycles. The third kappa shape index (κ3) is 6.30. The number of ketones is 1. The number of carbonyl (C=O) groups excluding carboxylic acids is 2. The number of hydrogen-bond donors (Lipinski definition) is 0. The van der Waals surface area contributed by atoms with Gasteiger partial charge in [-0.3, -0.25) is 9.59 Å². The van der Waals surface area contributed by atoms with E-state index in [0.29, 0.717) is 14.5 Å². The monoisotopic (exact) mass is 486 g/mol. The third-order valence-electron chi connectivity index (χ3n) is 2.51. The number of benzene rings is 2. The van der Waals surface area contributed by atoms with Crippen molar-refractivity contribution in [2.24, 2.45) is 0 Å². The van der Waals surface area contributed by atoms with Gasteiger partial charge in [0, 0.05) is 11.1 Å². The topological polar surface area (TPSA) is 34.1 Å². The lowest BCUT2D eigenvalue weighted by atomic mass is 10.1. The van der Waals surface area contributed by atoms with Crippen LogP contribution in [0.4, 0.5) is 8.78 Å². The molecule has 0 fully saturated rings. The van der Waals surface area contributed by atoms with Gasteiger partial charge >= 0.3 is 0 Å². The van der Waals surface area contributed by atoms with Gasteiger partial charge < -0.3 is 0 Å². The van der Waals surface area contributed by atoms with Crippen molar-refractivity contribution in [1.82, 2.24) is 0 Å². The molecule has 0 saturated heterocycles. The summed E-state index contributed by atoms with van der Waals surface area (Å²) in [5.41, 5.74) is 0.457. The van der Waals surface area contributed by atoms with Crippen molar-refractivity contribution in [3.63, 3.8) is 0 Å². The predicted molar refractivity (Wildman–Crippen MR) is 93.4 cm³/mol. The van der Waals surface area contributed by atoms with Crippen LogP contribution in [-0.4, -0.2) is 16.9 Å². The molecule has 0 radical (unpaired) electrons. The van der Waals surface area contributed by atoms with E-state index in [1.165, 1.54) is 24.3 Å². The summed E-state index contributed by atoms with van der Waals surface area (Å²) in [6.45, 7) is 0. The second-order valence-electron chi connectivity index (χ2n) is 4.09. The summed E-state index contributed by atoms with van der Waals surface area (Å²) in [6.07, 6.45) is 0. The van der Waals surface area contributed by atoms with Crippen LogP contribution in [0.1, 0.15) is 20.7 Å². The van der Waals surface area contributed by atoms with E-state index in [2.05, 4.69) is 31.9 Å². The summed E-state index contributed by atoms with van der Waals surface area (Å²) in [6, 6.07) is 8.13. The molecule has 0 aliphatic rings. The van der Waals surface area contributed by atoms with Crippen molar-refractivity contribution in [2.75, 3.05) is 5.88 Å². The first-order chi connectivity index (χ1) is 10.8. The van der Waals surface area contributed by atoms with Crippen molar-refractivity contribution >= 4 is 66.1 Å². The van der Waals surface area contributed by atoms with Gasteiger partial charge in [0.2, 0.25) is 0 Å². The van der Waals surface area contributed by atoms with E-state index in [4.69, 9.17) is 23.2 Å². The number of hydrogen-bond acceptors (Lipinski definition) is 2. The molecular weight excluding hydrogens is 481 g/mol. The summed E-state index contributed by atoms with van der Waals surface area (Å²) in [5, 5.41) is -0.656. The van der Waals surface area contributed by atoms with Crippen molar-refractivity contribution < 1.29 is 18.4 Å². The lowest BCUT2D eigenvalue weighted by Gasteiger charge is -1.97. The second-order valence-corrected chi connectivity index (χ2v) is 6.41. The van der Waals surface area contributed by atoms with Crippen LogP contribution in [0, 0.1) is 11.6 Å². The Morgan fingerprint density at radius 2 is 1.35 bits per heavy atom. The number of Topliss-reactive ketones (excluding diaryl/α,β-unsaturated/α-hetero) is 1. The zero-order valence-corrected chi connectivity index (χ0v) is 15.9. The Balaban J connectivity index is 0.000000231. The highest BCUT2D eigenvalue weighted by Gasteiger charge is 2.06. The molecule has 0 aliphatic heterocycles. The first-order valence-electron chi connectivity index (χ1n) is 5.95. The summed E-state index contributed by atoms with van der Waals surface area (Å²) in [5.74, 6) is -1.34. The van der Waals surface area contributed by atoms with Gasteiger partial charge in [-0.2, -0.15) is 0 Å². The number of alkyl halides is 1. The van der Waals surface area contributed by atoms with E-state index < -0.39 is 16.9 Å². The zero-order valence-electron chi connectivity index (χ0n) is 11.3. The minimum atomic E-state index is -0.656. The van der Waals surface area contributed by atoms with E-state index in [1.54, 1.807) is 0 Å². The molecule has 0 atom stereocenters. The number of carbonyl (C=O) groups is 2. The highest BCUT2D eigenvalue weighted by atomic mass is 79.9. The van der Waals surface area contributed by atoms with Gasteiger partial charge in [0.1, 0.15) is 11.6 Å². The molecule has 2 aromatic rings. The highest BCUT2D eigenvalue weighted by molar-refractivity contribution is 9.10. The van der Waals surface area contributed by atoms with Gasteiger partial charge in [-0.05, 0) is 73.8 Å². The average molecular weight is 489 g/mol. The van der Waals surface area contributed by atoms with Crippen LogP contribution < -0.4 is 0 Å². The normalized spacial score (nSPS) is 9.83. The number of rotatable bonds is 3. The molecule has 0 unspecified atom stereocenters. The Hall–Kier alpha value is -0.820. The van der Waals surface area contributed by atoms with Crippen molar-refractivity contribution in [1.29, 1.82) is 0 Å². The van der Waals surface area contributed by atoms with Crippen LogP contribution in [0.2, 0.25) is 0 Å². The van der Waals surface area contributed by atoms with Crippen LogP contribution in [-0.2, 0) is 0 Å². The second kappa shape index (κ2) is 9.47. The smallest absolute Gasteiger partial charge is 0.252 e. The van der Waals surface area contributed by atoms with E-state index >= 15 is 0 Å². The zero-order chi connectivity index (χ0) is 17.6. The summed E-state index contributed by atoms with van der Waals surface area (Å²) in [4.78, 5) is 21.5. The third-order valence-corrected chi connectivity index (χ3v) is 4.26. The molecule has 23 heavy (non-hydrogen) atoms. The van der Waals surface area contributed by atoms with E-state index in [9.17, 15) is 18.4 Å². The molecule has 8 heteroatoms. The lowest BCUT2D eigenvalue weighted by molar-refractivity contribution is 0.101. The Labute approximate surface area is 158 Å². The van der Waals surface area contributed by atoms with Gasteiger partial charge in [0.25, 0.3) is 5.24 Å². The molecule has 0 spiro atoms. The maximum absolute atomic E-state index is 12.8. The molecule has 0 N–H and O–H groups in total. The van der Waals surface area contributed by atoms with E-state index in [1.807, 2.05) is 0 Å². The first-order valence-corrected chi connectivity index (χ1v) is 8.45. The van der Waals surface area contributed by atoms with E-state index in [-0.39, 0.29) is 17.2 Å². The van der Waals surface area contributed by atoms with Crippen LogP contribution in [0.25, 0.3) is 0 Å². The van der Waals surface area contributed by atoms with Crippen molar-refractivity contribution in [2.45, 2.75) is 0 Å². The van der Waals surface area contributed by atoms with Crippen molar-refractivity contribution in [3.8, 4) is 0 Å². The fourth-order valence-corrected chi connectivity index (χ4v) is 2.13. The first kappa shape index (κ1) is 20.2. The van der Waals surface area contributed by atoms with Crippen molar-refractivity contribution in [3.05, 3.63) is 68.1 Å². The molecule has 0 heterocycles. The number of halogens is 6. The Morgan fingerprint density at radius 1 is 0.913 bits per heavy atom. The average Bonchev–Trinajstić information content (AvgIpc) is 2.52. The Morgan fingerprint density at radius 3 is 1.74 bits per heavy atom. The maximum atomic E-state index is 12.8. The highest BCUT2D eigenvalue weighted by Crippen LogP contribution is 2.17. The maximum Gasteiger partial charge on any atom is 0.252 e. The fourth-order valence-electron chi connectivity index (χ4n) is 1.37. The standard InChI is InChI=1S/C8H5BrClFO.C7H3BrClFO/c9-6-2-1-5(3-7(6)11)8(12)4-10;8-5-2-1-4(7(9)11)3-6(5)10/h1-3H,4H2;1-3H.